The van der Waals surface area contributed by atoms with Crippen molar-refractivity contribution >= 4 is 29.2 Å². The second-order valence-corrected chi connectivity index (χ2v) is 2.42. The molecule has 1 saturated heterocycles. The summed E-state index contributed by atoms with van der Waals surface area (Å²) in [5.74, 6) is -1.36. The standard InChI is InChI=1S/C5H6N2O3S/c8-3-1-6-5(11)7(3)2-4(9)10/h1-2H2,(H,6,11)(H,9,10). The largest absolute Gasteiger partial charge is 0.480 e. The number of thiocarbonyl (C=S) groups is 1. The fourth-order valence-electron chi connectivity index (χ4n) is 0.751. The Morgan fingerprint density at radius 1 is 1.82 bits per heavy atom. The molecule has 0 radical (unpaired) electrons. The van der Waals surface area contributed by atoms with Crippen molar-refractivity contribution in [1.29, 1.82) is 0 Å². The number of nitrogens with one attached hydrogen (secondary N) is 1. The number of hydrogen-bond acceptors (Lipinski definition) is 3. The summed E-state index contributed by atoms with van der Waals surface area (Å²) in [6, 6.07) is 0. The summed E-state index contributed by atoms with van der Waals surface area (Å²) in [5.41, 5.74) is 0. The van der Waals surface area contributed by atoms with E-state index in [4.69, 9.17) is 5.11 Å². The monoisotopic (exact) mass is 174 g/mol. The first-order chi connectivity index (χ1) is 5.11. The molecule has 0 spiro atoms. The molecule has 0 unspecified atom stereocenters. The molecular formula is C5H6N2O3S. The van der Waals surface area contributed by atoms with Crippen LogP contribution in [0.15, 0.2) is 0 Å². The summed E-state index contributed by atoms with van der Waals surface area (Å²) in [7, 11) is 0. The number of hydrogen-bond donors (Lipinski definition) is 2. The second kappa shape index (κ2) is 2.83. The van der Waals surface area contributed by atoms with Crippen molar-refractivity contribution in [2.45, 2.75) is 0 Å². The highest BCUT2D eigenvalue weighted by molar-refractivity contribution is 7.80. The van der Waals surface area contributed by atoms with E-state index < -0.39 is 5.97 Å². The number of carboxylic acids is 1. The van der Waals surface area contributed by atoms with E-state index in [1.807, 2.05) is 0 Å². The maximum atomic E-state index is 10.8. The van der Waals surface area contributed by atoms with Crippen molar-refractivity contribution in [3.63, 3.8) is 0 Å². The molecule has 0 saturated carbocycles. The van der Waals surface area contributed by atoms with Crippen LogP contribution in [0.25, 0.3) is 0 Å². The van der Waals surface area contributed by atoms with Gasteiger partial charge in [-0.3, -0.25) is 14.5 Å². The number of amides is 1. The Hall–Kier alpha value is -1.17. The Balaban J connectivity index is 2.62. The van der Waals surface area contributed by atoms with E-state index in [0.717, 1.165) is 4.90 Å². The van der Waals surface area contributed by atoms with Crippen LogP contribution in [0.2, 0.25) is 0 Å². The molecule has 0 aromatic rings. The van der Waals surface area contributed by atoms with Gasteiger partial charge < -0.3 is 10.4 Å². The molecule has 60 valence electrons. The van der Waals surface area contributed by atoms with Crippen molar-refractivity contribution in [1.82, 2.24) is 10.2 Å². The number of rotatable bonds is 2. The SMILES string of the molecule is O=C(O)CN1C(=O)CNC1=S. The van der Waals surface area contributed by atoms with Crippen molar-refractivity contribution in [2.24, 2.45) is 0 Å². The van der Waals surface area contributed by atoms with E-state index >= 15 is 0 Å². The van der Waals surface area contributed by atoms with Crippen molar-refractivity contribution < 1.29 is 14.7 Å². The molecule has 1 rings (SSSR count). The molecule has 0 aromatic heterocycles. The average Bonchev–Trinajstić information content (AvgIpc) is 2.18. The quantitative estimate of drug-likeness (QED) is 0.514. The lowest BCUT2D eigenvalue weighted by atomic mass is 10.5. The lowest BCUT2D eigenvalue weighted by Crippen LogP contribution is -2.35. The zero-order valence-electron chi connectivity index (χ0n) is 5.53. The maximum absolute atomic E-state index is 10.8. The Morgan fingerprint density at radius 3 is 2.82 bits per heavy atom. The minimum Gasteiger partial charge on any atom is -0.480 e. The Bertz CT molecular complexity index is 212. The third kappa shape index (κ3) is 1.64. The van der Waals surface area contributed by atoms with Gasteiger partial charge in [-0.2, -0.15) is 0 Å². The molecule has 1 aliphatic rings. The molecule has 0 bridgehead atoms. The van der Waals surface area contributed by atoms with Crippen LogP contribution in [0, 0.1) is 0 Å². The van der Waals surface area contributed by atoms with E-state index in [-0.39, 0.29) is 24.1 Å². The number of nitrogens with zero attached hydrogens (tertiary/aromatic N) is 1. The zero-order chi connectivity index (χ0) is 8.43. The minimum atomic E-state index is -1.07. The lowest BCUT2D eigenvalue weighted by molar-refractivity contribution is -0.140. The Labute approximate surface area is 68.0 Å². The Morgan fingerprint density at radius 2 is 2.45 bits per heavy atom. The molecule has 0 atom stereocenters. The highest BCUT2D eigenvalue weighted by atomic mass is 32.1. The van der Waals surface area contributed by atoms with Crippen LogP contribution in [0.1, 0.15) is 0 Å². The predicted octanol–water partition coefficient (Wildman–Crippen LogP) is -1.21. The first-order valence-electron chi connectivity index (χ1n) is 2.91. The van der Waals surface area contributed by atoms with Gasteiger partial charge in [-0.05, 0) is 12.2 Å². The third-order valence-corrected chi connectivity index (χ3v) is 1.60. The molecule has 11 heavy (non-hydrogen) atoms. The van der Waals surface area contributed by atoms with Gasteiger partial charge in [0.15, 0.2) is 5.11 Å². The van der Waals surface area contributed by atoms with Crippen LogP contribution in [-0.4, -0.2) is 40.1 Å². The van der Waals surface area contributed by atoms with E-state index in [1.54, 1.807) is 0 Å². The van der Waals surface area contributed by atoms with Crippen molar-refractivity contribution in [3.8, 4) is 0 Å². The van der Waals surface area contributed by atoms with Gasteiger partial charge in [0.1, 0.15) is 6.54 Å². The molecule has 5 nitrogen and oxygen atoms in total. The van der Waals surface area contributed by atoms with Crippen LogP contribution in [-0.2, 0) is 9.59 Å². The topological polar surface area (TPSA) is 69.6 Å². The van der Waals surface area contributed by atoms with Crippen LogP contribution in [0.3, 0.4) is 0 Å². The zero-order valence-corrected chi connectivity index (χ0v) is 6.35. The van der Waals surface area contributed by atoms with E-state index in [0.29, 0.717) is 0 Å². The molecule has 1 aliphatic heterocycles. The smallest absolute Gasteiger partial charge is 0.323 e. The first kappa shape index (κ1) is 7.93. The van der Waals surface area contributed by atoms with E-state index in [2.05, 4.69) is 17.5 Å². The van der Waals surface area contributed by atoms with Gasteiger partial charge in [-0.25, -0.2) is 0 Å². The van der Waals surface area contributed by atoms with Gasteiger partial charge in [0.05, 0.1) is 6.54 Å². The molecule has 1 heterocycles. The minimum absolute atomic E-state index is 0.103. The van der Waals surface area contributed by atoms with E-state index in [1.165, 1.54) is 0 Å². The highest BCUT2D eigenvalue weighted by Gasteiger charge is 2.26. The van der Waals surface area contributed by atoms with Gasteiger partial charge in [0, 0.05) is 0 Å². The van der Waals surface area contributed by atoms with Gasteiger partial charge in [-0.1, -0.05) is 0 Å². The molecule has 1 amide bonds. The summed E-state index contributed by atoms with van der Waals surface area (Å²) in [6.45, 7) is -0.253. The molecule has 1 fully saturated rings. The van der Waals surface area contributed by atoms with Gasteiger partial charge >= 0.3 is 5.97 Å². The predicted molar refractivity (Wildman–Crippen MR) is 39.9 cm³/mol. The summed E-state index contributed by atoms with van der Waals surface area (Å²) >= 11 is 4.67. The van der Waals surface area contributed by atoms with Gasteiger partial charge in [-0.15, -0.1) is 0 Å². The van der Waals surface area contributed by atoms with E-state index in [9.17, 15) is 9.59 Å². The van der Waals surface area contributed by atoms with Crippen molar-refractivity contribution in [3.05, 3.63) is 0 Å². The summed E-state index contributed by atoms with van der Waals surface area (Å²) < 4.78 is 0. The van der Waals surface area contributed by atoms with Crippen LogP contribution in [0.4, 0.5) is 0 Å². The third-order valence-electron chi connectivity index (χ3n) is 1.23. The van der Waals surface area contributed by atoms with Crippen LogP contribution in [0.5, 0.6) is 0 Å². The average molecular weight is 174 g/mol. The molecule has 0 aromatic carbocycles. The number of carboxylic acid groups (broad SMARTS) is 1. The lowest BCUT2D eigenvalue weighted by Gasteiger charge is -2.09. The second-order valence-electron chi connectivity index (χ2n) is 2.03. The van der Waals surface area contributed by atoms with Crippen LogP contribution < -0.4 is 5.32 Å². The van der Waals surface area contributed by atoms with Crippen molar-refractivity contribution in [2.75, 3.05) is 13.1 Å². The van der Waals surface area contributed by atoms with Crippen LogP contribution >= 0.6 is 12.2 Å². The summed E-state index contributed by atoms with van der Waals surface area (Å²) in [5, 5.41) is 11.1. The fraction of sp³-hybridized carbons (Fsp3) is 0.400. The molecule has 6 heteroatoms. The Kier molecular flexibility index (Phi) is 2.04. The summed E-state index contributed by atoms with van der Waals surface area (Å²) in [4.78, 5) is 22.0. The highest BCUT2D eigenvalue weighted by Crippen LogP contribution is 1.97. The van der Waals surface area contributed by atoms with Gasteiger partial charge in [0.25, 0.3) is 0 Å². The molecule has 2 N–H and O–H groups in total. The fourth-order valence-corrected chi connectivity index (χ4v) is 0.989. The normalized spacial score (nSPS) is 16.9. The first-order valence-corrected chi connectivity index (χ1v) is 3.32. The number of carbonyl (C=O) groups is 2. The maximum Gasteiger partial charge on any atom is 0.323 e. The number of carbonyl (C=O) groups excluding carboxylic acids is 1. The summed E-state index contributed by atoms with van der Waals surface area (Å²) in [6.07, 6.45) is 0. The molecule has 0 aliphatic carbocycles. The van der Waals surface area contributed by atoms with Gasteiger partial charge in [0.2, 0.25) is 5.91 Å². The number of aliphatic carboxylic acids is 1. The molecular weight excluding hydrogens is 168 g/mol.